The fourth-order valence-corrected chi connectivity index (χ4v) is 3.08. The van der Waals surface area contributed by atoms with Crippen LogP contribution >= 0.6 is 22.9 Å². The third-order valence-corrected chi connectivity index (χ3v) is 4.77. The summed E-state index contributed by atoms with van der Waals surface area (Å²) in [4.78, 5) is 25.5. The van der Waals surface area contributed by atoms with Gasteiger partial charge in [-0.2, -0.15) is 0 Å². The van der Waals surface area contributed by atoms with Crippen LogP contribution in [0.4, 0.5) is 0 Å². The van der Waals surface area contributed by atoms with Crippen molar-refractivity contribution < 1.29 is 14.3 Å². The van der Waals surface area contributed by atoms with Gasteiger partial charge in [0.05, 0.1) is 0 Å². The van der Waals surface area contributed by atoms with Crippen molar-refractivity contribution in [3.63, 3.8) is 0 Å². The van der Waals surface area contributed by atoms with Crippen LogP contribution < -0.4 is 5.32 Å². The third-order valence-electron chi connectivity index (χ3n) is 3.67. The van der Waals surface area contributed by atoms with Gasteiger partial charge < -0.3 is 10.1 Å². The summed E-state index contributed by atoms with van der Waals surface area (Å²) in [5, 5.41) is 5.14. The smallest absolute Gasteiger partial charge is 0.349 e. The Morgan fingerprint density at radius 2 is 1.73 bits per heavy atom. The molecule has 1 aromatic heterocycles. The average molecular weight is 386 g/mol. The van der Waals surface area contributed by atoms with E-state index in [9.17, 15) is 9.59 Å². The first kappa shape index (κ1) is 18.2. The van der Waals surface area contributed by atoms with E-state index in [1.165, 1.54) is 11.3 Å². The number of carbonyl (C=O) groups excluding carboxylic acids is 2. The van der Waals surface area contributed by atoms with Gasteiger partial charge in [0.2, 0.25) is 6.10 Å². The van der Waals surface area contributed by atoms with Crippen LogP contribution in [0.1, 0.15) is 26.9 Å². The number of carbonyl (C=O) groups is 2. The number of nitrogens with one attached hydrogen (secondary N) is 1. The van der Waals surface area contributed by atoms with Crippen molar-refractivity contribution in [1.82, 2.24) is 5.32 Å². The fraction of sp³-hybridized carbons (Fsp3) is 0.100. The molecule has 26 heavy (non-hydrogen) atoms. The molecule has 0 saturated heterocycles. The van der Waals surface area contributed by atoms with Crippen LogP contribution in [0.25, 0.3) is 0 Å². The summed E-state index contributed by atoms with van der Waals surface area (Å²) in [6, 6.07) is 19.6. The largest absolute Gasteiger partial charge is 0.443 e. The zero-order valence-corrected chi connectivity index (χ0v) is 15.3. The minimum Gasteiger partial charge on any atom is -0.443 e. The minimum absolute atomic E-state index is 0.348. The van der Waals surface area contributed by atoms with Crippen molar-refractivity contribution in [2.75, 3.05) is 0 Å². The standard InChI is InChI=1S/C20H16ClNO3S/c21-16-10-8-15(9-11-16)18(25-20(24)17-7-4-12-26-17)19(23)22-13-14-5-2-1-3-6-14/h1-12,18H,13H2,(H,22,23)/t18-/m1/s1. The molecule has 1 heterocycles. The monoisotopic (exact) mass is 385 g/mol. The molecule has 3 aromatic rings. The van der Waals surface area contributed by atoms with Crippen LogP contribution in [0.3, 0.4) is 0 Å². The lowest BCUT2D eigenvalue weighted by atomic mass is 10.1. The maximum Gasteiger partial charge on any atom is 0.349 e. The number of halogens is 1. The minimum atomic E-state index is -1.05. The summed E-state index contributed by atoms with van der Waals surface area (Å²) in [6.45, 7) is 0.348. The summed E-state index contributed by atoms with van der Waals surface area (Å²) in [7, 11) is 0. The Morgan fingerprint density at radius 1 is 1.00 bits per heavy atom. The van der Waals surface area contributed by atoms with E-state index in [1.54, 1.807) is 41.8 Å². The zero-order chi connectivity index (χ0) is 18.4. The number of hydrogen-bond acceptors (Lipinski definition) is 4. The number of benzene rings is 2. The highest BCUT2D eigenvalue weighted by atomic mass is 35.5. The highest BCUT2D eigenvalue weighted by Crippen LogP contribution is 2.23. The van der Waals surface area contributed by atoms with Crippen LogP contribution in [0.2, 0.25) is 5.02 Å². The average Bonchev–Trinajstić information content (AvgIpc) is 3.21. The van der Waals surface area contributed by atoms with Crippen LogP contribution in [-0.2, 0) is 16.1 Å². The zero-order valence-electron chi connectivity index (χ0n) is 13.7. The fourth-order valence-electron chi connectivity index (χ4n) is 2.35. The first-order valence-corrected chi connectivity index (χ1v) is 9.21. The molecule has 132 valence electrons. The lowest BCUT2D eigenvalue weighted by Crippen LogP contribution is -2.31. The highest BCUT2D eigenvalue weighted by Gasteiger charge is 2.26. The van der Waals surface area contributed by atoms with E-state index in [0.29, 0.717) is 22.0 Å². The first-order valence-electron chi connectivity index (χ1n) is 7.95. The summed E-state index contributed by atoms with van der Waals surface area (Å²) in [6.07, 6.45) is -1.05. The molecule has 0 bridgehead atoms. The van der Waals surface area contributed by atoms with Gasteiger partial charge in [-0.3, -0.25) is 4.79 Å². The van der Waals surface area contributed by atoms with Crippen molar-refractivity contribution in [3.05, 3.63) is 93.1 Å². The van der Waals surface area contributed by atoms with Crippen molar-refractivity contribution in [2.45, 2.75) is 12.6 Å². The number of amides is 1. The van der Waals surface area contributed by atoms with Crippen molar-refractivity contribution in [3.8, 4) is 0 Å². The Bertz CT molecular complexity index is 864. The lowest BCUT2D eigenvalue weighted by molar-refractivity contribution is -0.130. The molecule has 3 rings (SSSR count). The molecule has 1 atom stereocenters. The SMILES string of the molecule is O=C(O[C@@H](C(=O)NCc1ccccc1)c1ccc(Cl)cc1)c1cccs1. The molecule has 0 radical (unpaired) electrons. The Morgan fingerprint density at radius 3 is 2.38 bits per heavy atom. The summed E-state index contributed by atoms with van der Waals surface area (Å²) >= 11 is 7.18. The van der Waals surface area contributed by atoms with Gasteiger partial charge in [-0.15, -0.1) is 11.3 Å². The van der Waals surface area contributed by atoms with Crippen molar-refractivity contribution in [1.29, 1.82) is 0 Å². The quantitative estimate of drug-likeness (QED) is 0.630. The van der Waals surface area contributed by atoms with Gasteiger partial charge in [0.1, 0.15) is 4.88 Å². The molecule has 0 aliphatic carbocycles. The molecular weight excluding hydrogens is 370 g/mol. The summed E-state index contributed by atoms with van der Waals surface area (Å²) < 4.78 is 5.49. The molecule has 0 aliphatic heterocycles. The number of esters is 1. The number of ether oxygens (including phenoxy) is 1. The molecule has 4 nitrogen and oxygen atoms in total. The summed E-state index contributed by atoms with van der Waals surface area (Å²) in [5.41, 5.74) is 1.52. The van der Waals surface area contributed by atoms with Gasteiger partial charge in [-0.1, -0.05) is 60.1 Å². The molecule has 0 saturated carbocycles. The molecular formula is C20H16ClNO3S. The van der Waals surface area contributed by atoms with E-state index in [4.69, 9.17) is 16.3 Å². The number of thiophene rings is 1. The molecule has 6 heteroatoms. The van der Waals surface area contributed by atoms with Crippen LogP contribution in [0.15, 0.2) is 72.1 Å². The van der Waals surface area contributed by atoms with Gasteiger partial charge in [0.15, 0.2) is 0 Å². The van der Waals surface area contributed by atoms with E-state index in [1.807, 2.05) is 30.3 Å². The van der Waals surface area contributed by atoms with Gasteiger partial charge in [0.25, 0.3) is 5.91 Å². The van der Waals surface area contributed by atoms with Gasteiger partial charge in [0, 0.05) is 17.1 Å². The Kier molecular flexibility index (Phi) is 6.04. The molecule has 0 spiro atoms. The van der Waals surface area contributed by atoms with E-state index in [0.717, 1.165) is 5.56 Å². The topological polar surface area (TPSA) is 55.4 Å². The van der Waals surface area contributed by atoms with Gasteiger partial charge >= 0.3 is 5.97 Å². The van der Waals surface area contributed by atoms with Gasteiger partial charge in [-0.05, 0) is 29.1 Å². The normalized spacial score (nSPS) is 11.6. The third kappa shape index (κ3) is 4.71. The predicted molar refractivity (Wildman–Crippen MR) is 102 cm³/mol. The van der Waals surface area contributed by atoms with Crippen molar-refractivity contribution >= 4 is 34.8 Å². The Balaban J connectivity index is 1.76. The second-order valence-corrected chi connectivity index (χ2v) is 6.90. The molecule has 2 aromatic carbocycles. The molecule has 0 fully saturated rings. The second kappa shape index (κ2) is 8.65. The van der Waals surface area contributed by atoms with Crippen LogP contribution in [0.5, 0.6) is 0 Å². The molecule has 1 amide bonds. The number of hydrogen-bond donors (Lipinski definition) is 1. The molecule has 0 aliphatic rings. The maximum absolute atomic E-state index is 12.7. The lowest BCUT2D eigenvalue weighted by Gasteiger charge is -2.18. The van der Waals surface area contributed by atoms with Crippen LogP contribution in [0, 0.1) is 0 Å². The highest BCUT2D eigenvalue weighted by molar-refractivity contribution is 7.11. The van der Waals surface area contributed by atoms with E-state index in [-0.39, 0.29) is 5.91 Å². The Labute approximate surface area is 160 Å². The summed E-state index contributed by atoms with van der Waals surface area (Å²) in [5.74, 6) is -0.920. The van der Waals surface area contributed by atoms with E-state index in [2.05, 4.69) is 5.32 Å². The molecule has 0 unspecified atom stereocenters. The van der Waals surface area contributed by atoms with E-state index < -0.39 is 12.1 Å². The van der Waals surface area contributed by atoms with E-state index >= 15 is 0 Å². The predicted octanol–water partition coefficient (Wildman–Crippen LogP) is 4.62. The Hall–Kier alpha value is -2.63. The maximum atomic E-state index is 12.7. The van der Waals surface area contributed by atoms with Crippen molar-refractivity contribution in [2.24, 2.45) is 0 Å². The first-order chi connectivity index (χ1) is 12.6. The second-order valence-electron chi connectivity index (χ2n) is 5.52. The number of rotatable bonds is 6. The molecule has 1 N–H and O–H groups in total. The van der Waals surface area contributed by atoms with Crippen LogP contribution in [-0.4, -0.2) is 11.9 Å². The van der Waals surface area contributed by atoms with Gasteiger partial charge in [-0.25, -0.2) is 4.79 Å².